The summed E-state index contributed by atoms with van der Waals surface area (Å²) in [7, 11) is 0. The fourth-order valence-corrected chi connectivity index (χ4v) is 3.17. The average molecular weight is 250 g/mol. The Hall–Kier alpha value is -0.290. The lowest BCUT2D eigenvalue weighted by atomic mass is 9.81. The molecule has 1 saturated heterocycles. The zero-order chi connectivity index (χ0) is 12.5. The van der Waals surface area contributed by atoms with Crippen molar-refractivity contribution in [3.05, 3.63) is 0 Å². The van der Waals surface area contributed by atoms with Crippen LogP contribution >= 0.6 is 0 Å². The first-order valence-electron chi connectivity index (χ1n) is 6.57. The van der Waals surface area contributed by atoms with Gasteiger partial charge in [0.1, 0.15) is 0 Å². The lowest BCUT2D eigenvalue weighted by molar-refractivity contribution is -0.147. The van der Waals surface area contributed by atoms with Gasteiger partial charge in [0.15, 0.2) is 0 Å². The number of rotatable bonds is 3. The van der Waals surface area contributed by atoms with Crippen LogP contribution in [0.5, 0.6) is 0 Å². The van der Waals surface area contributed by atoms with E-state index in [4.69, 9.17) is 0 Å². The van der Waals surface area contributed by atoms with Gasteiger partial charge in [-0.05, 0) is 31.6 Å². The average Bonchev–Trinajstić information content (AvgIpc) is 2.57. The van der Waals surface area contributed by atoms with Crippen LogP contribution in [-0.2, 0) is 0 Å². The van der Waals surface area contributed by atoms with E-state index in [1.807, 2.05) is 0 Å². The van der Waals surface area contributed by atoms with Gasteiger partial charge in [-0.25, -0.2) is 0 Å². The van der Waals surface area contributed by atoms with Crippen molar-refractivity contribution in [3.8, 4) is 0 Å². The van der Waals surface area contributed by atoms with E-state index in [0.29, 0.717) is 25.0 Å². The van der Waals surface area contributed by atoms with Crippen molar-refractivity contribution < 1.29 is 13.2 Å². The summed E-state index contributed by atoms with van der Waals surface area (Å²) < 4.78 is 37.0. The minimum atomic E-state index is -4.01. The topological polar surface area (TPSA) is 24.1 Å². The van der Waals surface area contributed by atoms with Gasteiger partial charge in [0.2, 0.25) is 0 Å². The monoisotopic (exact) mass is 250 g/mol. The molecule has 4 atom stereocenters. The molecule has 100 valence electrons. The number of hydrogen-bond donors (Lipinski definition) is 2. The summed E-state index contributed by atoms with van der Waals surface area (Å²) in [6.07, 6.45) is 0.0691. The maximum Gasteiger partial charge on any atom is 0.389 e. The number of fused-ring (bicyclic) bond motifs is 1. The lowest BCUT2D eigenvalue weighted by Crippen LogP contribution is -2.40. The number of halogens is 3. The molecule has 0 aromatic rings. The van der Waals surface area contributed by atoms with Crippen LogP contribution in [0.15, 0.2) is 0 Å². The molecule has 4 unspecified atom stereocenters. The van der Waals surface area contributed by atoms with E-state index >= 15 is 0 Å². The second-order valence-corrected chi connectivity index (χ2v) is 5.39. The third kappa shape index (κ3) is 3.58. The first-order valence-corrected chi connectivity index (χ1v) is 6.57. The summed E-state index contributed by atoms with van der Waals surface area (Å²) in [5.41, 5.74) is 0. The Morgan fingerprint density at radius 3 is 2.47 bits per heavy atom. The number of hydrogen-bond acceptors (Lipinski definition) is 2. The fraction of sp³-hybridized carbons (Fsp3) is 1.00. The SMILES string of the molecule is CCCC1NC2CCC(CC(F)(F)F)CC2N1. The molecule has 2 aliphatic rings. The van der Waals surface area contributed by atoms with Crippen molar-refractivity contribution >= 4 is 0 Å². The molecule has 5 heteroatoms. The maximum atomic E-state index is 12.3. The summed E-state index contributed by atoms with van der Waals surface area (Å²) in [6, 6.07) is 0.628. The molecule has 2 fully saturated rings. The molecule has 0 aromatic carbocycles. The Morgan fingerprint density at radius 1 is 1.12 bits per heavy atom. The normalized spacial score (nSPS) is 38.1. The summed E-state index contributed by atoms with van der Waals surface area (Å²) in [5.74, 6) is -0.189. The van der Waals surface area contributed by atoms with Crippen molar-refractivity contribution in [2.75, 3.05) is 0 Å². The number of nitrogens with one attached hydrogen (secondary N) is 2. The quantitative estimate of drug-likeness (QED) is 0.805. The van der Waals surface area contributed by atoms with Crippen LogP contribution in [0.4, 0.5) is 13.2 Å². The van der Waals surface area contributed by atoms with Gasteiger partial charge in [-0.3, -0.25) is 10.6 Å². The molecular weight excluding hydrogens is 229 g/mol. The molecule has 0 aromatic heterocycles. The van der Waals surface area contributed by atoms with Crippen molar-refractivity contribution in [1.82, 2.24) is 10.6 Å². The Balaban J connectivity index is 1.83. The molecule has 0 amide bonds. The maximum absolute atomic E-state index is 12.3. The highest BCUT2D eigenvalue weighted by Gasteiger charge is 2.41. The summed E-state index contributed by atoms with van der Waals surface area (Å²) in [6.45, 7) is 2.12. The van der Waals surface area contributed by atoms with Crippen LogP contribution in [0.25, 0.3) is 0 Å². The van der Waals surface area contributed by atoms with E-state index < -0.39 is 12.6 Å². The minimum Gasteiger partial charge on any atom is -0.298 e. The predicted octanol–water partition coefficient (Wildman–Crippen LogP) is 2.80. The molecule has 17 heavy (non-hydrogen) atoms. The van der Waals surface area contributed by atoms with E-state index in [2.05, 4.69) is 17.6 Å². The molecule has 2 nitrogen and oxygen atoms in total. The second kappa shape index (κ2) is 5.14. The van der Waals surface area contributed by atoms with Gasteiger partial charge in [-0.15, -0.1) is 0 Å². The van der Waals surface area contributed by atoms with E-state index in [0.717, 1.165) is 19.3 Å². The van der Waals surface area contributed by atoms with Crippen LogP contribution in [0.2, 0.25) is 0 Å². The molecule has 1 aliphatic carbocycles. The summed E-state index contributed by atoms with van der Waals surface area (Å²) in [4.78, 5) is 0. The standard InChI is InChI=1S/C12H21F3N2/c1-2-3-11-16-9-5-4-8(6-10(9)17-11)7-12(13,14)15/h8-11,16-17H,2-7H2,1H3. The molecule has 1 aliphatic heterocycles. The molecule has 0 radical (unpaired) electrons. The van der Waals surface area contributed by atoms with Gasteiger partial charge >= 0.3 is 6.18 Å². The molecule has 0 spiro atoms. The van der Waals surface area contributed by atoms with E-state index in [1.165, 1.54) is 0 Å². The first-order chi connectivity index (χ1) is 7.98. The highest BCUT2D eigenvalue weighted by Crippen LogP contribution is 2.35. The van der Waals surface area contributed by atoms with Crippen LogP contribution < -0.4 is 10.6 Å². The van der Waals surface area contributed by atoms with Crippen LogP contribution in [-0.4, -0.2) is 24.4 Å². The van der Waals surface area contributed by atoms with Gasteiger partial charge in [0.25, 0.3) is 0 Å². The summed E-state index contributed by atoms with van der Waals surface area (Å²) >= 11 is 0. The zero-order valence-electron chi connectivity index (χ0n) is 10.2. The van der Waals surface area contributed by atoms with Gasteiger partial charge in [-0.2, -0.15) is 13.2 Å². The van der Waals surface area contributed by atoms with Crippen molar-refractivity contribution in [2.45, 2.75) is 69.9 Å². The molecule has 2 rings (SSSR count). The zero-order valence-corrected chi connectivity index (χ0v) is 10.2. The Kier molecular flexibility index (Phi) is 3.98. The molecule has 1 saturated carbocycles. The fourth-order valence-electron chi connectivity index (χ4n) is 3.17. The lowest BCUT2D eigenvalue weighted by Gasteiger charge is -2.31. The predicted molar refractivity (Wildman–Crippen MR) is 60.6 cm³/mol. The molecule has 2 N–H and O–H groups in total. The van der Waals surface area contributed by atoms with Crippen molar-refractivity contribution in [3.63, 3.8) is 0 Å². The third-order valence-electron chi connectivity index (χ3n) is 3.89. The molecule has 1 heterocycles. The Morgan fingerprint density at radius 2 is 1.82 bits per heavy atom. The van der Waals surface area contributed by atoms with Crippen LogP contribution in [0.3, 0.4) is 0 Å². The van der Waals surface area contributed by atoms with Gasteiger partial charge in [-0.1, -0.05) is 13.3 Å². The second-order valence-electron chi connectivity index (χ2n) is 5.39. The van der Waals surface area contributed by atoms with Crippen LogP contribution in [0.1, 0.15) is 45.4 Å². The largest absolute Gasteiger partial charge is 0.389 e. The molecule has 0 bridgehead atoms. The summed E-state index contributed by atoms with van der Waals surface area (Å²) in [5, 5.41) is 6.92. The van der Waals surface area contributed by atoms with Gasteiger partial charge in [0.05, 0.1) is 6.17 Å². The van der Waals surface area contributed by atoms with Gasteiger partial charge < -0.3 is 0 Å². The third-order valence-corrected chi connectivity index (χ3v) is 3.89. The smallest absolute Gasteiger partial charge is 0.298 e. The van der Waals surface area contributed by atoms with Crippen molar-refractivity contribution in [2.24, 2.45) is 5.92 Å². The van der Waals surface area contributed by atoms with Crippen LogP contribution in [0, 0.1) is 5.92 Å². The minimum absolute atomic E-state index is 0.189. The Labute approximate surface area is 100 Å². The van der Waals surface area contributed by atoms with E-state index in [1.54, 1.807) is 0 Å². The van der Waals surface area contributed by atoms with Gasteiger partial charge in [0, 0.05) is 18.5 Å². The highest BCUT2D eigenvalue weighted by molar-refractivity contribution is 4.97. The van der Waals surface area contributed by atoms with Crippen molar-refractivity contribution in [1.29, 1.82) is 0 Å². The first kappa shape index (κ1) is 13.1. The number of alkyl halides is 3. The van der Waals surface area contributed by atoms with E-state index in [9.17, 15) is 13.2 Å². The Bertz CT molecular complexity index is 255. The van der Waals surface area contributed by atoms with E-state index in [-0.39, 0.29) is 12.0 Å². The highest BCUT2D eigenvalue weighted by atomic mass is 19.4. The molecular formula is C12H21F3N2.